The highest BCUT2D eigenvalue weighted by molar-refractivity contribution is 5.98. The molecule has 7 heteroatoms. The molecule has 0 saturated carbocycles. The average Bonchev–Trinajstić information content (AvgIpc) is 3.34. The standard InChI is InChI=1S/C31H38N4O3/c1-5-35(25-10-12-38-13-11-25)29-16-26(34-18-23-8-6-7-9-24(23)19-34)15-27(22(29)4)30(36)32-17-28-20(2)14-21(3)33-31(28)37/h6-9,14-16,25H,5,10-13,17-19H2,1-4H3,(H,32,36)(H,33,37). The molecule has 2 aliphatic heterocycles. The van der Waals surface area contributed by atoms with Crippen LogP contribution in [0.3, 0.4) is 0 Å². The molecule has 2 N–H and O–H groups in total. The molecular formula is C31H38N4O3. The van der Waals surface area contributed by atoms with Crippen LogP contribution in [-0.4, -0.2) is 36.7 Å². The Morgan fingerprint density at radius 2 is 1.76 bits per heavy atom. The SMILES string of the molecule is CCN(c1cc(N2Cc3ccccc3C2)cc(C(=O)NCc2c(C)cc(C)[nH]c2=O)c1C)C1CCOCC1. The van der Waals surface area contributed by atoms with Gasteiger partial charge in [0, 0.05) is 73.6 Å². The van der Waals surface area contributed by atoms with E-state index < -0.39 is 0 Å². The van der Waals surface area contributed by atoms with Crippen molar-refractivity contribution in [2.75, 3.05) is 29.6 Å². The molecule has 200 valence electrons. The number of aromatic nitrogens is 1. The Hall–Kier alpha value is -3.58. The molecule has 1 saturated heterocycles. The van der Waals surface area contributed by atoms with Crippen molar-refractivity contribution in [2.24, 2.45) is 0 Å². The second-order valence-corrected chi connectivity index (χ2v) is 10.5. The van der Waals surface area contributed by atoms with Gasteiger partial charge < -0.3 is 24.8 Å². The van der Waals surface area contributed by atoms with Gasteiger partial charge in [-0.1, -0.05) is 24.3 Å². The van der Waals surface area contributed by atoms with Gasteiger partial charge in [0.05, 0.1) is 0 Å². The third kappa shape index (κ3) is 5.20. The predicted octanol–water partition coefficient (Wildman–Crippen LogP) is 4.76. The Bertz CT molecular complexity index is 1370. The van der Waals surface area contributed by atoms with Crippen molar-refractivity contribution in [3.63, 3.8) is 0 Å². The van der Waals surface area contributed by atoms with Gasteiger partial charge >= 0.3 is 0 Å². The monoisotopic (exact) mass is 514 g/mol. The zero-order valence-corrected chi connectivity index (χ0v) is 22.9. The molecule has 0 radical (unpaired) electrons. The van der Waals surface area contributed by atoms with E-state index in [9.17, 15) is 9.59 Å². The van der Waals surface area contributed by atoms with Gasteiger partial charge in [0.2, 0.25) is 0 Å². The molecule has 2 aromatic carbocycles. The molecule has 0 spiro atoms. The van der Waals surface area contributed by atoms with Crippen molar-refractivity contribution in [1.82, 2.24) is 10.3 Å². The molecule has 38 heavy (non-hydrogen) atoms. The number of ether oxygens (including phenoxy) is 1. The maximum Gasteiger partial charge on any atom is 0.253 e. The zero-order valence-electron chi connectivity index (χ0n) is 22.9. The molecule has 1 fully saturated rings. The number of aryl methyl sites for hydroxylation is 2. The molecule has 5 rings (SSSR count). The predicted molar refractivity (Wildman–Crippen MR) is 152 cm³/mol. The summed E-state index contributed by atoms with van der Waals surface area (Å²) in [7, 11) is 0. The van der Waals surface area contributed by atoms with Gasteiger partial charge in [-0.3, -0.25) is 9.59 Å². The summed E-state index contributed by atoms with van der Waals surface area (Å²) in [5.41, 5.74) is 8.54. The molecule has 0 unspecified atom stereocenters. The number of nitrogens with zero attached hydrogens (tertiary/aromatic N) is 2. The number of pyridine rings is 1. The van der Waals surface area contributed by atoms with Crippen LogP contribution in [0.1, 0.15) is 63.6 Å². The van der Waals surface area contributed by atoms with Crippen LogP contribution in [0.5, 0.6) is 0 Å². The van der Waals surface area contributed by atoms with E-state index in [1.165, 1.54) is 11.1 Å². The molecule has 0 atom stereocenters. The van der Waals surface area contributed by atoms with Crippen LogP contribution in [0, 0.1) is 20.8 Å². The third-order valence-corrected chi connectivity index (χ3v) is 8.02. The summed E-state index contributed by atoms with van der Waals surface area (Å²) in [6, 6.07) is 15.1. The maximum atomic E-state index is 13.7. The van der Waals surface area contributed by atoms with Crippen LogP contribution in [-0.2, 0) is 24.4 Å². The van der Waals surface area contributed by atoms with Crippen LogP contribution in [0.2, 0.25) is 0 Å². The highest BCUT2D eigenvalue weighted by Gasteiger charge is 2.27. The summed E-state index contributed by atoms with van der Waals surface area (Å²) in [4.78, 5) is 33.8. The van der Waals surface area contributed by atoms with E-state index in [4.69, 9.17) is 4.74 Å². The minimum atomic E-state index is -0.162. The number of nitrogens with one attached hydrogen (secondary N) is 2. The number of carbonyl (C=O) groups excluding carboxylic acids is 1. The maximum absolute atomic E-state index is 13.7. The molecule has 7 nitrogen and oxygen atoms in total. The number of hydrogen-bond acceptors (Lipinski definition) is 5. The van der Waals surface area contributed by atoms with Gasteiger partial charge in [-0.05, 0) is 81.0 Å². The molecule has 2 aliphatic rings. The Balaban J connectivity index is 1.50. The zero-order chi connectivity index (χ0) is 26.8. The van der Waals surface area contributed by atoms with E-state index in [1.807, 2.05) is 32.9 Å². The first-order chi connectivity index (χ1) is 18.4. The van der Waals surface area contributed by atoms with Crippen LogP contribution in [0.25, 0.3) is 0 Å². The van der Waals surface area contributed by atoms with Crippen molar-refractivity contribution >= 4 is 17.3 Å². The number of rotatable bonds is 7. The highest BCUT2D eigenvalue weighted by atomic mass is 16.5. The van der Waals surface area contributed by atoms with Gasteiger partial charge in [0.15, 0.2) is 0 Å². The summed E-state index contributed by atoms with van der Waals surface area (Å²) in [5, 5.41) is 3.04. The van der Waals surface area contributed by atoms with E-state index in [-0.39, 0.29) is 18.0 Å². The fourth-order valence-electron chi connectivity index (χ4n) is 5.90. The first-order valence-electron chi connectivity index (χ1n) is 13.6. The normalized spacial score (nSPS) is 15.4. The van der Waals surface area contributed by atoms with Crippen molar-refractivity contribution in [2.45, 2.75) is 66.2 Å². The number of aromatic amines is 1. The lowest BCUT2D eigenvalue weighted by atomic mass is 9.99. The summed E-state index contributed by atoms with van der Waals surface area (Å²) in [6.07, 6.45) is 1.95. The van der Waals surface area contributed by atoms with Gasteiger partial charge in [-0.2, -0.15) is 0 Å². The Morgan fingerprint density at radius 3 is 2.39 bits per heavy atom. The number of H-pyrrole nitrogens is 1. The topological polar surface area (TPSA) is 77.7 Å². The van der Waals surface area contributed by atoms with Gasteiger partial charge in [-0.15, -0.1) is 0 Å². The second-order valence-electron chi connectivity index (χ2n) is 10.5. The Kier molecular flexibility index (Phi) is 7.56. The first-order valence-corrected chi connectivity index (χ1v) is 13.6. The number of amides is 1. The quantitative estimate of drug-likeness (QED) is 0.476. The smallest absolute Gasteiger partial charge is 0.253 e. The molecule has 1 aromatic heterocycles. The summed E-state index contributed by atoms with van der Waals surface area (Å²) in [5.74, 6) is -0.162. The van der Waals surface area contributed by atoms with E-state index >= 15 is 0 Å². The lowest BCUT2D eigenvalue weighted by Gasteiger charge is -2.37. The minimum absolute atomic E-state index is 0.152. The number of anilines is 2. The van der Waals surface area contributed by atoms with Gasteiger partial charge in [0.25, 0.3) is 11.5 Å². The lowest BCUT2D eigenvalue weighted by Crippen LogP contribution is -2.40. The highest BCUT2D eigenvalue weighted by Crippen LogP contribution is 2.36. The number of benzene rings is 2. The van der Waals surface area contributed by atoms with E-state index in [0.29, 0.717) is 17.2 Å². The van der Waals surface area contributed by atoms with Crippen LogP contribution >= 0.6 is 0 Å². The molecular weight excluding hydrogens is 476 g/mol. The molecule has 3 aromatic rings. The minimum Gasteiger partial charge on any atom is -0.381 e. The second kappa shape index (κ2) is 11.0. The largest absolute Gasteiger partial charge is 0.381 e. The fourth-order valence-corrected chi connectivity index (χ4v) is 5.90. The lowest BCUT2D eigenvalue weighted by molar-refractivity contribution is 0.0846. The Labute approximate surface area is 224 Å². The summed E-state index contributed by atoms with van der Waals surface area (Å²) in [6.45, 7) is 12.2. The van der Waals surface area contributed by atoms with Crippen LogP contribution < -0.4 is 20.7 Å². The Morgan fingerprint density at radius 1 is 1.08 bits per heavy atom. The van der Waals surface area contributed by atoms with Crippen molar-refractivity contribution < 1.29 is 9.53 Å². The molecule has 0 aliphatic carbocycles. The van der Waals surface area contributed by atoms with Crippen molar-refractivity contribution in [3.05, 3.63) is 91.9 Å². The summed E-state index contributed by atoms with van der Waals surface area (Å²) >= 11 is 0. The fraction of sp³-hybridized carbons (Fsp3) is 0.419. The van der Waals surface area contributed by atoms with Gasteiger partial charge in [-0.25, -0.2) is 0 Å². The van der Waals surface area contributed by atoms with E-state index in [2.05, 4.69) is 57.4 Å². The molecule has 1 amide bonds. The molecule has 3 heterocycles. The third-order valence-electron chi connectivity index (χ3n) is 8.02. The first kappa shape index (κ1) is 26.0. The van der Waals surface area contributed by atoms with E-state index in [1.54, 1.807) is 0 Å². The van der Waals surface area contributed by atoms with E-state index in [0.717, 1.165) is 73.9 Å². The average molecular weight is 515 g/mol. The van der Waals surface area contributed by atoms with Crippen molar-refractivity contribution in [3.8, 4) is 0 Å². The number of carbonyl (C=O) groups is 1. The number of fused-ring (bicyclic) bond motifs is 1. The van der Waals surface area contributed by atoms with Crippen molar-refractivity contribution in [1.29, 1.82) is 0 Å². The molecule has 0 bridgehead atoms. The van der Waals surface area contributed by atoms with Gasteiger partial charge in [0.1, 0.15) is 0 Å². The summed E-state index contributed by atoms with van der Waals surface area (Å²) < 4.78 is 5.64. The van der Waals surface area contributed by atoms with Crippen LogP contribution in [0.15, 0.2) is 47.3 Å². The van der Waals surface area contributed by atoms with Crippen LogP contribution in [0.4, 0.5) is 11.4 Å². The number of hydrogen-bond donors (Lipinski definition) is 2.